The molecule has 168 valence electrons. The number of esters is 1. The van der Waals surface area contributed by atoms with Crippen LogP contribution in [0.2, 0.25) is 0 Å². The van der Waals surface area contributed by atoms with E-state index in [9.17, 15) is 14.4 Å². The molecule has 32 heavy (non-hydrogen) atoms. The van der Waals surface area contributed by atoms with Gasteiger partial charge in [0, 0.05) is 29.4 Å². The minimum absolute atomic E-state index is 0.0556. The van der Waals surface area contributed by atoms with E-state index in [1.807, 2.05) is 4.90 Å². The van der Waals surface area contributed by atoms with Crippen LogP contribution in [-0.2, 0) is 4.74 Å². The summed E-state index contributed by atoms with van der Waals surface area (Å²) in [5.74, 6) is -0.774. The molecule has 1 saturated heterocycles. The Labute approximate surface area is 188 Å². The third-order valence-electron chi connectivity index (χ3n) is 6.61. The SMILES string of the molecule is COC(=O)c1cccc(C(=O)Nc2ccc(C(=O)N3CC4(C)CC3CC(C)(C)C4)cc2)c1. The van der Waals surface area contributed by atoms with Gasteiger partial charge in [-0.1, -0.05) is 26.8 Å². The van der Waals surface area contributed by atoms with Crippen LogP contribution in [0.15, 0.2) is 48.5 Å². The Morgan fingerprint density at radius 2 is 1.66 bits per heavy atom. The molecule has 2 amide bonds. The van der Waals surface area contributed by atoms with Crippen molar-refractivity contribution in [1.82, 2.24) is 4.90 Å². The fourth-order valence-corrected chi connectivity index (χ4v) is 5.67. The monoisotopic (exact) mass is 434 g/mol. The number of benzene rings is 2. The molecule has 6 nitrogen and oxygen atoms in total. The van der Waals surface area contributed by atoms with E-state index < -0.39 is 5.97 Å². The van der Waals surface area contributed by atoms with Crippen molar-refractivity contribution in [2.75, 3.05) is 19.0 Å². The van der Waals surface area contributed by atoms with E-state index in [1.165, 1.54) is 13.2 Å². The lowest BCUT2D eigenvalue weighted by Crippen LogP contribution is -2.37. The Morgan fingerprint density at radius 1 is 0.969 bits per heavy atom. The van der Waals surface area contributed by atoms with Crippen LogP contribution in [0.5, 0.6) is 0 Å². The molecule has 1 heterocycles. The fraction of sp³-hybridized carbons (Fsp3) is 0.423. The topological polar surface area (TPSA) is 75.7 Å². The van der Waals surface area contributed by atoms with E-state index in [2.05, 4.69) is 26.1 Å². The summed E-state index contributed by atoms with van der Waals surface area (Å²) in [7, 11) is 1.30. The first-order valence-corrected chi connectivity index (χ1v) is 11.0. The van der Waals surface area contributed by atoms with Crippen molar-refractivity contribution in [3.63, 3.8) is 0 Å². The molecule has 2 aromatic carbocycles. The number of nitrogens with one attached hydrogen (secondary N) is 1. The zero-order valence-electron chi connectivity index (χ0n) is 19.1. The molecule has 1 aliphatic heterocycles. The van der Waals surface area contributed by atoms with Crippen molar-refractivity contribution in [1.29, 1.82) is 0 Å². The molecule has 2 bridgehead atoms. The molecule has 6 heteroatoms. The van der Waals surface area contributed by atoms with E-state index in [0.717, 1.165) is 25.8 Å². The summed E-state index contributed by atoms with van der Waals surface area (Å²) < 4.78 is 4.70. The molecule has 2 atom stereocenters. The minimum atomic E-state index is -0.494. The number of likely N-dealkylation sites (tertiary alicyclic amines) is 1. The molecule has 0 spiro atoms. The molecule has 2 fully saturated rings. The van der Waals surface area contributed by atoms with E-state index in [4.69, 9.17) is 4.74 Å². The summed E-state index contributed by atoms with van der Waals surface area (Å²) in [4.78, 5) is 39.5. The number of methoxy groups -OCH3 is 1. The first-order chi connectivity index (χ1) is 15.1. The molecular weight excluding hydrogens is 404 g/mol. The number of carbonyl (C=O) groups is 3. The van der Waals surface area contributed by atoms with Gasteiger partial charge < -0.3 is 15.0 Å². The summed E-state index contributed by atoms with van der Waals surface area (Å²) in [6.07, 6.45) is 3.25. The van der Waals surface area contributed by atoms with Crippen LogP contribution in [-0.4, -0.2) is 42.4 Å². The standard InChI is InChI=1S/C26H30N2O4/c1-25(2)13-21-14-26(3,15-25)16-28(21)23(30)17-8-10-20(11-9-17)27-22(29)18-6-5-7-19(12-18)24(31)32-4/h5-12,21H,13-16H2,1-4H3,(H,27,29). The first kappa shape index (κ1) is 22.1. The average Bonchev–Trinajstić information content (AvgIpc) is 3.01. The fourth-order valence-electron chi connectivity index (χ4n) is 5.67. The number of fused-ring (bicyclic) bond motifs is 2. The van der Waals surface area contributed by atoms with Crippen LogP contribution < -0.4 is 5.32 Å². The summed E-state index contributed by atoms with van der Waals surface area (Å²) in [5, 5.41) is 2.82. The second-order valence-corrected chi connectivity index (χ2v) is 10.3. The predicted molar refractivity (Wildman–Crippen MR) is 123 cm³/mol. The van der Waals surface area contributed by atoms with E-state index in [1.54, 1.807) is 42.5 Å². The summed E-state index contributed by atoms with van der Waals surface area (Å²) in [5.41, 5.74) is 2.33. The van der Waals surface area contributed by atoms with Gasteiger partial charge in [0.25, 0.3) is 11.8 Å². The zero-order valence-corrected chi connectivity index (χ0v) is 19.1. The number of hydrogen-bond donors (Lipinski definition) is 1. The summed E-state index contributed by atoms with van der Waals surface area (Å²) in [6.45, 7) is 7.68. The van der Waals surface area contributed by atoms with Crippen LogP contribution in [0.1, 0.15) is 71.1 Å². The van der Waals surface area contributed by atoms with Crippen molar-refractivity contribution in [3.05, 3.63) is 65.2 Å². The van der Waals surface area contributed by atoms with Crippen molar-refractivity contribution < 1.29 is 19.1 Å². The van der Waals surface area contributed by atoms with Crippen molar-refractivity contribution in [2.24, 2.45) is 10.8 Å². The van der Waals surface area contributed by atoms with Gasteiger partial charge >= 0.3 is 5.97 Å². The Bertz CT molecular complexity index is 1060. The normalized spacial score (nSPS) is 23.5. The predicted octanol–water partition coefficient (Wildman–Crippen LogP) is 4.77. The lowest BCUT2D eigenvalue weighted by molar-refractivity contribution is 0.0600. The molecule has 2 unspecified atom stereocenters. The van der Waals surface area contributed by atoms with Gasteiger partial charge in [-0.15, -0.1) is 0 Å². The van der Waals surface area contributed by atoms with E-state index in [0.29, 0.717) is 22.4 Å². The number of amides is 2. The average molecular weight is 435 g/mol. The maximum Gasteiger partial charge on any atom is 0.337 e. The maximum absolute atomic E-state index is 13.2. The Hall–Kier alpha value is -3.15. The molecule has 2 aliphatic rings. The number of ether oxygens (including phenoxy) is 1. The van der Waals surface area contributed by atoms with Gasteiger partial charge in [-0.3, -0.25) is 9.59 Å². The molecule has 0 radical (unpaired) electrons. The van der Waals surface area contributed by atoms with E-state index in [-0.39, 0.29) is 28.7 Å². The van der Waals surface area contributed by atoms with Gasteiger partial charge in [0.05, 0.1) is 12.7 Å². The zero-order chi connectivity index (χ0) is 23.1. The lowest BCUT2D eigenvalue weighted by atomic mass is 9.65. The largest absolute Gasteiger partial charge is 0.465 e. The molecule has 4 rings (SSSR count). The summed E-state index contributed by atoms with van der Waals surface area (Å²) >= 11 is 0. The maximum atomic E-state index is 13.2. The van der Waals surface area contributed by atoms with Crippen LogP contribution in [0.4, 0.5) is 5.69 Å². The first-order valence-electron chi connectivity index (χ1n) is 11.0. The highest BCUT2D eigenvalue weighted by atomic mass is 16.5. The highest BCUT2D eigenvalue weighted by Crippen LogP contribution is 2.52. The van der Waals surface area contributed by atoms with Crippen molar-refractivity contribution >= 4 is 23.5 Å². The number of rotatable bonds is 4. The number of carbonyl (C=O) groups excluding carboxylic acids is 3. The highest BCUT2D eigenvalue weighted by molar-refractivity contribution is 6.06. The van der Waals surface area contributed by atoms with Crippen LogP contribution >= 0.6 is 0 Å². The highest BCUT2D eigenvalue weighted by Gasteiger charge is 2.50. The van der Waals surface area contributed by atoms with Crippen molar-refractivity contribution in [2.45, 2.75) is 46.1 Å². The Balaban J connectivity index is 1.44. The summed E-state index contributed by atoms with van der Waals surface area (Å²) in [6, 6.07) is 13.6. The third kappa shape index (κ3) is 4.40. The molecule has 1 saturated carbocycles. The van der Waals surface area contributed by atoms with Crippen LogP contribution in [0.3, 0.4) is 0 Å². The van der Waals surface area contributed by atoms with Crippen LogP contribution in [0, 0.1) is 10.8 Å². The second kappa shape index (κ2) is 8.08. The van der Waals surface area contributed by atoms with Crippen molar-refractivity contribution in [3.8, 4) is 0 Å². The van der Waals surface area contributed by atoms with Gasteiger partial charge in [-0.25, -0.2) is 4.79 Å². The van der Waals surface area contributed by atoms with Gasteiger partial charge in [-0.05, 0) is 72.6 Å². The second-order valence-electron chi connectivity index (χ2n) is 10.3. The van der Waals surface area contributed by atoms with Gasteiger partial charge in [-0.2, -0.15) is 0 Å². The third-order valence-corrected chi connectivity index (χ3v) is 6.61. The van der Waals surface area contributed by atoms with Gasteiger partial charge in [0.1, 0.15) is 0 Å². The number of anilines is 1. The molecule has 1 N–H and O–H groups in total. The quantitative estimate of drug-likeness (QED) is 0.704. The Kier molecular flexibility index (Phi) is 5.57. The van der Waals surface area contributed by atoms with Gasteiger partial charge in [0.15, 0.2) is 0 Å². The Morgan fingerprint density at radius 3 is 2.34 bits per heavy atom. The minimum Gasteiger partial charge on any atom is -0.465 e. The number of nitrogens with zero attached hydrogens (tertiary/aromatic N) is 1. The lowest BCUT2D eigenvalue weighted by Gasteiger charge is -2.39. The smallest absolute Gasteiger partial charge is 0.337 e. The number of hydrogen-bond acceptors (Lipinski definition) is 4. The van der Waals surface area contributed by atoms with Gasteiger partial charge in [0.2, 0.25) is 0 Å². The molecule has 1 aliphatic carbocycles. The molecule has 2 aromatic rings. The molecule has 0 aromatic heterocycles. The molecular formula is C26H30N2O4. The van der Waals surface area contributed by atoms with Crippen LogP contribution in [0.25, 0.3) is 0 Å². The van der Waals surface area contributed by atoms with E-state index >= 15 is 0 Å².